The van der Waals surface area contributed by atoms with E-state index in [1.165, 1.54) is 6.07 Å². The van der Waals surface area contributed by atoms with Crippen LogP contribution in [0, 0.1) is 10.1 Å². The van der Waals surface area contributed by atoms with Crippen molar-refractivity contribution < 1.29 is 23.6 Å². The lowest BCUT2D eigenvalue weighted by Crippen LogP contribution is -2.25. The highest BCUT2D eigenvalue weighted by Gasteiger charge is 2.17. The molecular formula is C14H12N2O6. The summed E-state index contributed by atoms with van der Waals surface area (Å²) in [6, 6.07) is 7.97. The normalized spacial score (nSPS) is 12.2. The average molecular weight is 304 g/mol. The number of benzene rings is 1. The molecule has 1 amide bonds. The van der Waals surface area contributed by atoms with Gasteiger partial charge in [0.2, 0.25) is 6.79 Å². The van der Waals surface area contributed by atoms with Crippen LogP contribution in [0.4, 0.5) is 5.88 Å². The molecule has 1 aromatic heterocycles. The minimum absolute atomic E-state index is 0.0858. The Labute approximate surface area is 124 Å². The third-order valence-electron chi connectivity index (χ3n) is 3.13. The Morgan fingerprint density at radius 3 is 2.82 bits per heavy atom. The number of amides is 1. The van der Waals surface area contributed by atoms with Crippen molar-refractivity contribution in [3.8, 4) is 11.5 Å². The molecule has 22 heavy (non-hydrogen) atoms. The Bertz CT molecular complexity index is 724. The van der Waals surface area contributed by atoms with Crippen LogP contribution in [-0.2, 0) is 6.42 Å². The van der Waals surface area contributed by atoms with Crippen molar-refractivity contribution in [2.45, 2.75) is 6.42 Å². The molecule has 0 saturated carbocycles. The fourth-order valence-electron chi connectivity index (χ4n) is 2.05. The van der Waals surface area contributed by atoms with E-state index in [0.29, 0.717) is 24.5 Å². The average Bonchev–Trinajstić information content (AvgIpc) is 3.16. The third-order valence-corrected chi connectivity index (χ3v) is 3.13. The minimum atomic E-state index is -0.691. The van der Waals surface area contributed by atoms with Gasteiger partial charge in [0, 0.05) is 6.54 Å². The van der Waals surface area contributed by atoms with Crippen molar-refractivity contribution in [1.82, 2.24) is 5.32 Å². The highest BCUT2D eigenvalue weighted by atomic mass is 16.7. The van der Waals surface area contributed by atoms with Gasteiger partial charge in [0.1, 0.15) is 4.92 Å². The highest BCUT2D eigenvalue weighted by molar-refractivity contribution is 5.91. The Morgan fingerprint density at radius 2 is 2.05 bits per heavy atom. The molecule has 114 valence electrons. The van der Waals surface area contributed by atoms with Gasteiger partial charge in [0.05, 0.1) is 6.07 Å². The molecule has 0 radical (unpaired) electrons. The number of nitrogens with one attached hydrogen (secondary N) is 1. The minimum Gasteiger partial charge on any atom is -0.454 e. The first-order valence-corrected chi connectivity index (χ1v) is 6.54. The van der Waals surface area contributed by atoms with Crippen LogP contribution in [0.5, 0.6) is 11.5 Å². The molecule has 0 fully saturated rings. The summed E-state index contributed by atoms with van der Waals surface area (Å²) in [4.78, 5) is 21.6. The Kier molecular flexibility index (Phi) is 3.65. The number of ether oxygens (including phenoxy) is 2. The number of hydrogen-bond donors (Lipinski definition) is 1. The molecule has 2 aromatic rings. The van der Waals surface area contributed by atoms with E-state index in [1.54, 1.807) is 0 Å². The van der Waals surface area contributed by atoms with Crippen LogP contribution in [0.2, 0.25) is 0 Å². The lowest BCUT2D eigenvalue weighted by Gasteiger charge is -2.04. The van der Waals surface area contributed by atoms with Crippen molar-refractivity contribution in [2.24, 2.45) is 0 Å². The molecule has 1 aliphatic heterocycles. The van der Waals surface area contributed by atoms with Gasteiger partial charge in [-0.3, -0.25) is 14.9 Å². The fraction of sp³-hybridized carbons (Fsp3) is 0.214. The zero-order chi connectivity index (χ0) is 15.5. The van der Waals surface area contributed by atoms with Crippen LogP contribution in [0.15, 0.2) is 34.7 Å². The molecule has 2 heterocycles. The summed E-state index contributed by atoms with van der Waals surface area (Å²) in [6.45, 7) is 0.583. The van der Waals surface area contributed by atoms with E-state index in [2.05, 4.69) is 5.32 Å². The van der Waals surface area contributed by atoms with Crippen LogP contribution in [-0.4, -0.2) is 24.2 Å². The quantitative estimate of drug-likeness (QED) is 0.668. The highest BCUT2D eigenvalue weighted by Crippen LogP contribution is 2.32. The Hall–Kier alpha value is -3.03. The monoisotopic (exact) mass is 304 g/mol. The number of furan rings is 1. The second-order valence-corrected chi connectivity index (χ2v) is 4.59. The van der Waals surface area contributed by atoms with Crippen molar-refractivity contribution >= 4 is 11.8 Å². The molecule has 1 aliphatic rings. The molecule has 3 rings (SSSR count). The maximum atomic E-state index is 11.8. The number of rotatable bonds is 5. The first kappa shape index (κ1) is 13.9. The summed E-state index contributed by atoms with van der Waals surface area (Å²) in [5.74, 6) is 0.355. The SMILES string of the molecule is O=C(NCCc1ccc2c(c1)OCO2)c1ccc([N+](=O)[O-])o1. The summed E-state index contributed by atoms with van der Waals surface area (Å²) in [7, 11) is 0. The maximum absolute atomic E-state index is 11.8. The van der Waals surface area contributed by atoms with E-state index >= 15 is 0 Å². The first-order chi connectivity index (χ1) is 10.6. The fourth-order valence-corrected chi connectivity index (χ4v) is 2.05. The largest absolute Gasteiger partial charge is 0.454 e. The molecule has 0 saturated heterocycles. The smallest absolute Gasteiger partial charge is 0.433 e. The van der Waals surface area contributed by atoms with Crippen LogP contribution in [0.1, 0.15) is 16.1 Å². The standard InChI is InChI=1S/C14H12N2O6/c17-14(11-3-4-13(22-11)16(18)19)15-6-5-9-1-2-10-12(7-9)21-8-20-10/h1-4,7H,5-6,8H2,(H,15,17). The Morgan fingerprint density at radius 1 is 1.23 bits per heavy atom. The van der Waals surface area contributed by atoms with Gasteiger partial charge in [-0.1, -0.05) is 6.07 Å². The number of nitro groups is 1. The van der Waals surface area contributed by atoms with Crippen molar-refractivity contribution in [2.75, 3.05) is 13.3 Å². The molecule has 8 nitrogen and oxygen atoms in total. The number of hydrogen-bond acceptors (Lipinski definition) is 6. The number of nitrogens with zero attached hydrogens (tertiary/aromatic N) is 1. The zero-order valence-corrected chi connectivity index (χ0v) is 11.4. The van der Waals surface area contributed by atoms with Crippen molar-refractivity contribution in [1.29, 1.82) is 0 Å². The number of fused-ring (bicyclic) bond motifs is 1. The first-order valence-electron chi connectivity index (χ1n) is 6.54. The van der Waals surface area contributed by atoms with E-state index in [9.17, 15) is 14.9 Å². The van der Waals surface area contributed by atoms with Gasteiger partial charge in [-0.2, -0.15) is 0 Å². The summed E-state index contributed by atoms with van der Waals surface area (Å²) in [5.41, 5.74) is 0.981. The van der Waals surface area contributed by atoms with Crippen LogP contribution >= 0.6 is 0 Å². The molecular weight excluding hydrogens is 292 g/mol. The second-order valence-electron chi connectivity index (χ2n) is 4.59. The predicted molar refractivity (Wildman–Crippen MR) is 74.0 cm³/mol. The Balaban J connectivity index is 1.54. The van der Waals surface area contributed by atoms with Gasteiger partial charge in [-0.25, -0.2) is 0 Å². The molecule has 1 N–H and O–H groups in total. The van der Waals surface area contributed by atoms with Crippen molar-refractivity contribution in [3.63, 3.8) is 0 Å². The van der Waals surface area contributed by atoms with E-state index in [0.717, 1.165) is 11.6 Å². The molecule has 0 bridgehead atoms. The summed E-state index contributed by atoms with van der Waals surface area (Å²) >= 11 is 0. The van der Waals surface area contributed by atoms with E-state index in [1.807, 2.05) is 18.2 Å². The summed E-state index contributed by atoms with van der Waals surface area (Å²) in [6.07, 6.45) is 0.588. The van der Waals surface area contributed by atoms with E-state index in [-0.39, 0.29) is 12.6 Å². The number of carbonyl (C=O) groups is 1. The predicted octanol–water partition coefficient (Wildman–Crippen LogP) is 1.89. The summed E-state index contributed by atoms with van der Waals surface area (Å²) in [5, 5.41) is 13.1. The third kappa shape index (κ3) is 2.85. The molecule has 0 unspecified atom stereocenters. The van der Waals surface area contributed by atoms with Crippen LogP contribution < -0.4 is 14.8 Å². The lowest BCUT2D eigenvalue weighted by atomic mass is 10.1. The summed E-state index contributed by atoms with van der Waals surface area (Å²) < 4.78 is 15.3. The van der Waals surface area contributed by atoms with Gasteiger partial charge in [-0.15, -0.1) is 0 Å². The molecule has 8 heteroatoms. The second kappa shape index (κ2) is 5.76. The van der Waals surface area contributed by atoms with Gasteiger partial charge in [0.15, 0.2) is 17.3 Å². The molecule has 0 spiro atoms. The zero-order valence-electron chi connectivity index (χ0n) is 11.4. The maximum Gasteiger partial charge on any atom is 0.433 e. The molecule has 0 aliphatic carbocycles. The number of carbonyl (C=O) groups excluding carboxylic acids is 1. The lowest BCUT2D eigenvalue weighted by molar-refractivity contribution is -0.402. The van der Waals surface area contributed by atoms with Crippen LogP contribution in [0.25, 0.3) is 0 Å². The van der Waals surface area contributed by atoms with Gasteiger partial charge < -0.3 is 19.2 Å². The van der Waals surface area contributed by atoms with Crippen molar-refractivity contribution in [3.05, 3.63) is 51.8 Å². The van der Waals surface area contributed by atoms with E-state index in [4.69, 9.17) is 13.9 Å². The van der Waals surface area contributed by atoms with Gasteiger partial charge >= 0.3 is 5.88 Å². The molecule has 1 aromatic carbocycles. The van der Waals surface area contributed by atoms with Crippen LogP contribution in [0.3, 0.4) is 0 Å². The van der Waals surface area contributed by atoms with E-state index < -0.39 is 16.7 Å². The topological polar surface area (TPSA) is 104 Å². The van der Waals surface area contributed by atoms with Gasteiger partial charge in [0.25, 0.3) is 5.91 Å². The van der Waals surface area contributed by atoms with Gasteiger partial charge in [-0.05, 0) is 30.2 Å². The molecule has 0 atom stereocenters.